The number of nitro groups is 1. The fraction of sp³-hybridized carbons (Fsp3) is 0.167. The van der Waals surface area contributed by atoms with Crippen molar-refractivity contribution in [3.63, 3.8) is 0 Å². The molecule has 7 heteroatoms. The second-order valence-electron chi connectivity index (χ2n) is 3.93. The van der Waals surface area contributed by atoms with Gasteiger partial charge >= 0.3 is 0 Å². The highest BCUT2D eigenvalue weighted by atomic mass is 16.6. The number of nitrogens with zero attached hydrogens (tertiary/aromatic N) is 3. The van der Waals surface area contributed by atoms with Gasteiger partial charge in [-0.05, 0) is 18.2 Å². The first kappa shape index (κ1) is 12.7. The number of hydrogen-bond acceptors (Lipinski definition) is 4. The second kappa shape index (κ2) is 5.30. The van der Waals surface area contributed by atoms with Crippen LogP contribution in [0.3, 0.4) is 0 Å². The van der Waals surface area contributed by atoms with Crippen LogP contribution in [0.25, 0.3) is 0 Å². The van der Waals surface area contributed by atoms with E-state index in [9.17, 15) is 14.9 Å². The van der Waals surface area contributed by atoms with Crippen LogP contribution in [0.2, 0.25) is 0 Å². The number of aryl methyl sites for hydroxylation is 1. The van der Waals surface area contributed by atoms with Gasteiger partial charge in [-0.2, -0.15) is 5.10 Å². The van der Waals surface area contributed by atoms with Crippen LogP contribution in [0, 0.1) is 10.1 Å². The van der Waals surface area contributed by atoms with Crippen molar-refractivity contribution in [3.05, 3.63) is 57.9 Å². The molecule has 0 aliphatic heterocycles. The monoisotopic (exact) mass is 260 g/mol. The fourth-order valence-corrected chi connectivity index (χ4v) is 1.58. The van der Waals surface area contributed by atoms with Gasteiger partial charge in [0.05, 0.1) is 17.2 Å². The molecule has 0 unspecified atom stereocenters. The second-order valence-corrected chi connectivity index (χ2v) is 3.93. The normalized spacial score (nSPS) is 10.2. The number of nitrogens with one attached hydrogen (secondary N) is 1. The van der Waals surface area contributed by atoms with Gasteiger partial charge in [0.2, 0.25) is 0 Å². The maximum atomic E-state index is 11.8. The number of non-ortho nitro benzene ring substituents is 1. The Bertz CT molecular complexity index is 604. The largest absolute Gasteiger partial charge is 0.346 e. The minimum Gasteiger partial charge on any atom is -0.346 e. The number of benzene rings is 1. The fourth-order valence-electron chi connectivity index (χ4n) is 1.58. The van der Waals surface area contributed by atoms with Crippen molar-refractivity contribution in [2.75, 3.05) is 0 Å². The lowest BCUT2D eigenvalue weighted by molar-refractivity contribution is -0.384. The number of nitro benzene ring substituents is 1. The third kappa shape index (κ3) is 2.95. The van der Waals surface area contributed by atoms with E-state index in [1.54, 1.807) is 24.0 Å². The van der Waals surface area contributed by atoms with E-state index in [1.807, 2.05) is 0 Å². The van der Waals surface area contributed by atoms with Gasteiger partial charge in [-0.3, -0.25) is 19.6 Å². The molecule has 0 radical (unpaired) electrons. The summed E-state index contributed by atoms with van der Waals surface area (Å²) in [5.41, 5.74) is 1.21. The highest BCUT2D eigenvalue weighted by Crippen LogP contribution is 2.11. The molecule has 0 aliphatic carbocycles. The summed E-state index contributed by atoms with van der Waals surface area (Å²) < 4.78 is 1.66. The van der Waals surface area contributed by atoms with Crippen molar-refractivity contribution >= 4 is 11.6 Å². The number of carbonyl (C=O) groups excluding carboxylic acids is 1. The van der Waals surface area contributed by atoms with Crippen LogP contribution in [-0.4, -0.2) is 20.6 Å². The SMILES string of the molecule is Cn1nccc1CNC(=O)c1ccc([N+](=O)[O-])cc1. The average molecular weight is 260 g/mol. The van der Waals surface area contributed by atoms with Crippen LogP contribution in [0.15, 0.2) is 36.5 Å². The molecule has 1 aromatic carbocycles. The molecule has 1 N–H and O–H groups in total. The summed E-state index contributed by atoms with van der Waals surface area (Å²) in [5.74, 6) is -0.281. The van der Waals surface area contributed by atoms with Crippen LogP contribution < -0.4 is 5.32 Å². The molecule has 0 bridgehead atoms. The van der Waals surface area contributed by atoms with Crippen LogP contribution in [0.1, 0.15) is 16.1 Å². The van der Waals surface area contributed by atoms with Crippen molar-refractivity contribution in [1.29, 1.82) is 0 Å². The Morgan fingerprint density at radius 2 is 2.05 bits per heavy atom. The van der Waals surface area contributed by atoms with Crippen molar-refractivity contribution in [1.82, 2.24) is 15.1 Å². The summed E-state index contributed by atoms with van der Waals surface area (Å²) in [6.45, 7) is 0.353. The Kier molecular flexibility index (Phi) is 3.56. The minimum atomic E-state index is -0.503. The lowest BCUT2D eigenvalue weighted by atomic mass is 10.2. The minimum absolute atomic E-state index is 0.0387. The molecule has 2 rings (SSSR count). The first-order valence-corrected chi connectivity index (χ1v) is 5.57. The first-order valence-electron chi connectivity index (χ1n) is 5.57. The zero-order valence-electron chi connectivity index (χ0n) is 10.2. The van der Waals surface area contributed by atoms with E-state index in [-0.39, 0.29) is 11.6 Å². The van der Waals surface area contributed by atoms with Crippen LogP contribution >= 0.6 is 0 Å². The van der Waals surface area contributed by atoms with E-state index in [4.69, 9.17) is 0 Å². The van der Waals surface area contributed by atoms with Crippen LogP contribution in [0.5, 0.6) is 0 Å². The Morgan fingerprint density at radius 1 is 1.37 bits per heavy atom. The van der Waals surface area contributed by atoms with Crippen LogP contribution in [-0.2, 0) is 13.6 Å². The number of hydrogen-bond donors (Lipinski definition) is 1. The molecule has 1 heterocycles. The number of carbonyl (C=O) groups is 1. The number of aromatic nitrogens is 2. The third-order valence-corrected chi connectivity index (χ3v) is 2.69. The number of amides is 1. The highest BCUT2D eigenvalue weighted by molar-refractivity contribution is 5.94. The van der Waals surface area contributed by atoms with E-state index in [0.717, 1.165) is 5.69 Å². The van der Waals surface area contributed by atoms with Gasteiger partial charge in [0.25, 0.3) is 11.6 Å². The molecular formula is C12H12N4O3. The van der Waals surface area contributed by atoms with Gasteiger partial charge in [-0.25, -0.2) is 0 Å². The van der Waals surface area contributed by atoms with Gasteiger partial charge < -0.3 is 5.32 Å². The molecule has 0 aliphatic rings. The standard InChI is InChI=1S/C12H12N4O3/c1-15-11(6-7-14-15)8-13-12(17)9-2-4-10(5-3-9)16(18)19/h2-7H,8H2,1H3,(H,13,17). The number of rotatable bonds is 4. The van der Waals surface area contributed by atoms with E-state index < -0.39 is 4.92 Å². The van der Waals surface area contributed by atoms with Gasteiger partial charge in [-0.1, -0.05) is 0 Å². The topological polar surface area (TPSA) is 90.1 Å². The van der Waals surface area contributed by atoms with E-state index in [0.29, 0.717) is 12.1 Å². The summed E-state index contributed by atoms with van der Waals surface area (Å²) in [5, 5.41) is 17.2. The molecule has 0 fully saturated rings. The lowest BCUT2D eigenvalue weighted by Gasteiger charge is -2.05. The molecule has 2 aromatic rings. The summed E-state index contributed by atoms with van der Waals surface area (Å²) in [6.07, 6.45) is 1.65. The smallest absolute Gasteiger partial charge is 0.269 e. The third-order valence-electron chi connectivity index (χ3n) is 2.69. The lowest BCUT2D eigenvalue weighted by Crippen LogP contribution is -2.23. The zero-order valence-corrected chi connectivity index (χ0v) is 10.2. The van der Waals surface area contributed by atoms with Gasteiger partial charge in [0.1, 0.15) is 0 Å². The summed E-state index contributed by atoms with van der Waals surface area (Å²) in [4.78, 5) is 21.8. The Balaban J connectivity index is 2.00. The van der Waals surface area contributed by atoms with Crippen LogP contribution in [0.4, 0.5) is 5.69 Å². The molecular weight excluding hydrogens is 248 g/mol. The molecule has 0 saturated heterocycles. The van der Waals surface area contributed by atoms with Crippen molar-refractivity contribution < 1.29 is 9.72 Å². The molecule has 19 heavy (non-hydrogen) atoms. The quantitative estimate of drug-likeness (QED) is 0.661. The average Bonchev–Trinajstić information content (AvgIpc) is 2.81. The van der Waals surface area contributed by atoms with Crippen molar-refractivity contribution in [2.45, 2.75) is 6.54 Å². The molecule has 0 saturated carbocycles. The molecule has 98 valence electrons. The predicted octanol–water partition coefficient (Wildman–Crippen LogP) is 1.26. The predicted molar refractivity (Wildman–Crippen MR) is 67.5 cm³/mol. The maximum Gasteiger partial charge on any atom is 0.269 e. The Morgan fingerprint density at radius 3 is 2.58 bits per heavy atom. The van der Waals surface area contributed by atoms with E-state index in [2.05, 4.69) is 10.4 Å². The zero-order chi connectivity index (χ0) is 13.8. The van der Waals surface area contributed by atoms with Gasteiger partial charge in [0.15, 0.2) is 0 Å². The Hall–Kier alpha value is -2.70. The van der Waals surface area contributed by atoms with Crippen molar-refractivity contribution in [3.8, 4) is 0 Å². The summed E-state index contributed by atoms with van der Waals surface area (Å²) >= 11 is 0. The van der Waals surface area contributed by atoms with Crippen molar-refractivity contribution in [2.24, 2.45) is 7.05 Å². The molecule has 1 amide bonds. The van der Waals surface area contributed by atoms with Gasteiger partial charge in [-0.15, -0.1) is 0 Å². The first-order chi connectivity index (χ1) is 9.08. The van der Waals surface area contributed by atoms with Gasteiger partial charge in [0, 0.05) is 30.9 Å². The molecule has 7 nitrogen and oxygen atoms in total. The molecule has 1 aromatic heterocycles. The molecule has 0 atom stereocenters. The summed E-state index contributed by atoms with van der Waals surface area (Å²) in [6, 6.07) is 7.27. The van der Waals surface area contributed by atoms with E-state index >= 15 is 0 Å². The Labute approximate surface area is 109 Å². The molecule has 0 spiro atoms. The van der Waals surface area contributed by atoms with E-state index in [1.165, 1.54) is 24.3 Å². The highest BCUT2D eigenvalue weighted by Gasteiger charge is 2.09. The summed E-state index contributed by atoms with van der Waals surface area (Å²) in [7, 11) is 1.79. The maximum absolute atomic E-state index is 11.8.